The molecule has 36 heteroatoms. The molecule has 0 aliphatic carbocycles. The van der Waals surface area contributed by atoms with Crippen molar-refractivity contribution in [3.05, 3.63) is 113 Å². The molecule has 3 aliphatic rings. The Bertz CT molecular complexity index is 4830. The Kier molecular flexibility index (Phi) is 59.1. The molecule has 5 aromatic rings. The number of hydrogen-bond acceptors (Lipinski definition) is 25. The van der Waals surface area contributed by atoms with Crippen LogP contribution in [0.3, 0.4) is 0 Å². The van der Waals surface area contributed by atoms with Gasteiger partial charge in [0.15, 0.2) is 22.7 Å². The van der Waals surface area contributed by atoms with Gasteiger partial charge in [-0.25, -0.2) is 27.7 Å². The van der Waals surface area contributed by atoms with E-state index in [4.69, 9.17) is 97.1 Å². The van der Waals surface area contributed by atoms with Gasteiger partial charge in [-0.1, -0.05) is 337 Å². The van der Waals surface area contributed by atoms with Crippen LogP contribution in [0.2, 0.25) is 0 Å². The molecule has 3 saturated heterocycles. The second-order valence-electron chi connectivity index (χ2n) is 39.1. The van der Waals surface area contributed by atoms with Crippen LogP contribution in [0.4, 0.5) is 11.8 Å². The van der Waals surface area contributed by atoms with E-state index in [-0.39, 0.29) is 99.6 Å². The minimum absolute atomic E-state index is 0.0374. The minimum atomic E-state index is -3.99. The summed E-state index contributed by atoms with van der Waals surface area (Å²) in [6.45, 7) is 22.9. The summed E-state index contributed by atoms with van der Waals surface area (Å²) in [6, 6.07) is 5.28. The van der Waals surface area contributed by atoms with E-state index in [1.54, 1.807) is 20.8 Å². The lowest BCUT2D eigenvalue weighted by Gasteiger charge is -2.30. The summed E-state index contributed by atoms with van der Waals surface area (Å²) in [6.07, 6.45) is 58.5. The van der Waals surface area contributed by atoms with E-state index in [1.165, 1.54) is 295 Å². The topological polar surface area (TPSA) is 357 Å². The number of anilines is 2. The second kappa shape index (κ2) is 69.9. The van der Waals surface area contributed by atoms with Gasteiger partial charge in [-0.2, -0.15) is 9.97 Å². The number of imidazole rings is 1. The largest absolute Gasteiger partial charge is 0.490 e. The molecule has 4 N–H and O–H groups in total. The molecule has 11 unspecified atom stereocenters. The number of hydrogen-bond donors (Lipinski definition) is 4. The fourth-order valence-corrected chi connectivity index (χ4v) is 22.4. The van der Waals surface area contributed by atoms with Crippen LogP contribution >= 0.6 is 13.4 Å². The number of unbranched alkanes of at least 4 members (excludes halogenated alkanes) is 45. The van der Waals surface area contributed by atoms with Crippen molar-refractivity contribution in [2.45, 2.75) is 458 Å². The lowest BCUT2D eigenvalue weighted by atomic mass is 10.0. The lowest BCUT2D eigenvalue weighted by molar-refractivity contribution is -0.146. The minimum Gasteiger partial charge on any atom is -0.490 e. The van der Waals surface area contributed by atoms with Crippen molar-refractivity contribution in [2.24, 2.45) is 11.8 Å². The average molecular weight is 2060 g/mol. The van der Waals surface area contributed by atoms with Crippen LogP contribution in [0.15, 0.2) is 56.1 Å². The average Bonchev–Trinajstić information content (AvgIpc) is 1.62. The van der Waals surface area contributed by atoms with E-state index in [9.17, 15) is 33.6 Å². The highest BCUT2D eigenvalue weighted by molar-refractivity contribution is 8.07. The van der Waals surface area contributed by atoms with Crippen LogP contribution in [-0.2, 0) is 90.7 Å². The van der Waals surface area contributed by atoms with Gasteiger partial charge in [0.2, 0.25) is 36.6 Å². The number of ether oxygens (including phenoxy) is 7. The molecule has 4 aromatic heterocycles. The molecule has 0 saturated carbocycles. The highest BCUT2D eigenvalue weighted by Gasteiger charge is 2.46. The predicted molar refractivity (Wildman–Crippen MR) is 565 cm³/mol. The van der Waals surface area contributed by atoms with Gasteiger partial charge in [0.25, 0.3) is 11.1 Å². The van der Waals surface area contributed by atoms with Crippen LogP contribution in [0.5, 0.6) is 17.2 Å². The first-order valence-corrected chi connectivity index (χ1v) is 59.6. The van der Waals surface area contributed by atoms with Crippen molar-refractivity contribution in [1.82, 2.24) is 38.6 Å². The van der Waals surface area contributed by atoms with Crippen LogP contribution in [0.25, 0.3) is 20.9 Å². The summed E-state index contributed by atoms with van der Waals surface area (Å²) < 4.78 is 88.5. The molecule has 2 amide bonds. The fourth-order valence-electron chi connectivity index (χ4n) is 18.2. The summed E-state index contributed by atoms with van der Waals surface area (Å²) in [5, 5.41) is 5.31. The number of aromatic nitrogens is 8. The van der Waals surface area contributed by atoms with Crippen molar-refractivity contribution in [1.29, 1.82) is 0 Å². The van der Waals surface area contributed by atoms with E-state index < -0.39 is 115 Å². The third-order valence-electron chi connectivity index (χ3n) is 26.7. The number of benzene rings is 1. The maximum atomic E-state index is 14.0. The number of aromatic amines is 2. The van der Waals surface area contributed by atoms with Gasteiger partial charge in [-0.3, -0.25) is 53.0 Å². The predicted octanol–water partition coefficient (Wildman–Crippen LogP) is 25.2. The van der Waals surface area contributed by atoms with Gasteiger partial charge >= 0.3 is 30.8 Å². The summed E-state index contributed by atoms with van der Waals surface area (Å²) >= 11 is 12.3. The van der Waals surface area contributed by atoms with Crippen LogP contribution in [0.1, 0.15) is 425 Å². The Labute approximate surface area is 855 Å². The quantitative estimate of drug-likeness (QED) is 0.0122. The number of esters is 1. The number of carbonyl (C=O) groups is 3. The molecule has 0 spiro atoms. The molecule has 7 heterocycles. The Balaban J connectivity index is 0.889. The first kappa shape index (κ1) is 120. The summed E-state index contributed by atoms with van der Waals surface area (Å²) in [5.41, 5.74) is -1.68. The van der Waals surface area contributed by atoms with E-state index in [0.29, 0.717) is 55.5 Å². The highest BCUT2D eigenvalue weighted by Crippen LogP contribution is 2.57. The van der Waals surface area contributed by atoms with E-state index in [0.717, 1.165) is 51.4 Å². The zero-order chi connectivity index (χ0) is 102. The third kappa shape index (κ3) is 45.3. The third-order valence-corrected chi connectivity index (χ3v) is 31.5. The zero-order valence-corrected chi connectivity index (χ0v) is 90.4. The van der Waals surface area contributed by atoms with Crippen molar-refractivity contribution in [3.63, 3.8) is 0 Å². The summed E-state index contributed by atoms with van der Waals surface area (Å²) in [4.78, 5) is 118. The molecular weight excluding hydrogens is 1890 g/mol. The van der Waals surface area contributed by atoms with Gasteiger partial charge < -0.3 is 75.3 Å². The normalized spacial score (nSPS) is 18.8. The van der Waals surface area contributed by atoms with Gasteiger partial charge in [0.05, 0.1) is 70.2 Å². The number of nitrogens with zero attached hydrogens (tertiary/aromatic N) is 8. The molecule has 1 aromatic carbocycles. The zero-order valence-electron chi connectivity index (χ0n) is 86.9. The maximum Gasteiger partial charge on any atom is 0.351 e. The molecule has 798 valence electrons. The summed E-state index contributed by atoms with van der Waals surface area (Å²) in [7, 11) is 0. The van der Waals surface area contributed by atoms with Crippen molar-refractivity contribution in [3.8, 4) is 17.2 Å². The Morgan fingerprint density at radius 2 is 0.930 bits per heavy atom. The number of fused-ring (bicyclic) bond motifs is 1. The lowest BCUT2D eigenvalue weighted by Crippen LogP contribution is -2.33. The van der Waals surface area contributed by atoms with Crippen molar-refractivity contribution >= 4 is 77.8 Å². The Morgan fingerprint density at radius 1 is 0.507 bits per heavy atom. The first-order chi connectivity index (χ1) is 69.0. The Hall–Kier alpha value is -7.14. The number of H-pyrrole nitrogens is 2. The van der Waals surface area contributed by atoms with Gasteiger partial charge in [0.1, 0.15) is 50.4 Å². The van der Waals surface area contributed by atoms with Crippen LogP contribution in [-0.4, -0.2) is 146 Å². The highest BCUT2D eigenvalue weighted by atomic mass is 32.5. The Morgan fingerprint density at radius 3 is 1.38 bits per heavy atom. The first-order valence-electron chi connectivity index (χ1n) is 54.5. The second-order valence-corrected chi connectivity index (χ2v) is 45.1. The molecule has 0 bridgehead atoms. The van der Waals surface area contributed by atoms with Crippen LogP contribution in [0, 0.1) is 31.9 Å². The molecule has 3 fully saturated rings. The molecular formula is C106H172N12O20P2S2. The SMILES string of the molecule is [C-]#[N+]CCOP(=S)(OCC1OC(n2cnc3c(=O)[nH]c(NC(=O)C(C)C)nc32)CC1OP(=S)(OCC[N+]#[C-])OCC1OC(n2ccc(NC(=O)CCC(=O)OCc3cc(OCCCCCCCCCCCCCCCCCC)c(OCCCCCCCCCCCCCCCCCC)c(OCCCCCCCCCCCCCCCCCC)c3)nc2=O)CC1C)OC1CC(n2cc(C)c(=O)[nH]c2=O)OC1CC. The monoisotopic (exact) mass is 2060 g/mol. The molecule has 32 nitrogen and oxygen atoms in total. The molecule has 11 atom stereocenters. The number of carbonyl (C=O) groups excluding carboxylic acids is 3. The van der Waals surface area contributed by atoms with Crippen molar-refractivity contribution < 1.29 is 74.7 Å². The van der Waals surface area contributed by atoms with Gasteiger partial charge in [0, 0.05) is 43.1 Å². The molecule has 8 rings (SSSR count). The number of nitrogens with one attached hydrogen (secondary N) is 4. The standard InChI is InChI=1S/C106H172N12O20P2S2/c1-11-15-18-21-24-27-30-33-36-39-42-45-48-51-54-57-66-126-88-72-84(73-89(127-67-58-55-52-49-46-43-40-37-34-31-28-25-22-19-16-12-2)99(88)128-68-59-56-53-50-47-44-41-38-35-32-29-26-23-20-17-13-3)77-129-97(120)61-60-93(119)110-92-62-65-116(105(124)111-92)94-71-82(7)90(135-94)78-132-139(141,130-69-63-107-9)138-87-75-96(118-80-109-98-100(118)112-104(114-103(98)123)113-101(121)81(5)6)136-91(87)79-133-140(142,131-70-64-108-10)137-86-74-95(134-85(86)14-4)117-76-83(8)102(122)115-106(117)125/h62,65,72-73,76,80-82,85-87,90-91,94-96H,11-61,63-64,66-71,74-75,77-79H2,1-8H3,(H,115,122,125)(H,110,111,119,124)(H2,112,113,114,121,123). The smallest absolute Gasteiger partial charge is 0.351 e. The molecule has 0 radical (unpaired) electrons. The van der Waals surface area contributed by atoms with Crippen molar-refractivity contribution in [2.75, 3.05) is 70.0 Å². The van der Waals surface area contributed by atoms with Gasteiger partial charge in [-0.15, -0.1) is 0 Å². The summed E-state index contributed by atoms with van der Waals surface area (Å²) in [5.74, 6) is -0.767. The van der Waals surface area contributed by atoms with E-state index >= 15 is 0 Å². The van der Waals surface area contributed by atoms with E-state index in [1.807, 2.05) is 26.0 Å². The number of rotatable bonds is 82. The van der Waals surface area contributed by atoms with E-state index in [2.05, 4.69) is 66.0 Å². The van der Waals surface area contributed by atoms with Gasteiger partial charge in [-0.05, 0) is 92.3 Å². The molecule has 142 heavy (non-hydrogen) atoms. The molecule has 3 aliphatic heterocycles. The number of aryl methyl sites for hydroxylation is 1. The maximum absolute atomic E-state index is 14.0. The number of amides is 2. The van der Waals surface area contributed by atoms with Crippen LogP contribution < -0.4 is 47.3 Å². The fraction of sp³-hybridized carbons (Fsp3) is 0.774.